The fourth-order valence-corrected chi connectivity index (χ4v) is 1.71. The molecule has 136 valence electrons. The molecule has 7 nitrogen and oxygen atoms in total. The molecule has 0 fully saturated rings. The Balaban J connectivity index is 2.55. The Labute approximate surface area is 143 Å². The molecule has 0 unspecified atom stereocenters. The van der Waals surface area contributed by atoms with Gasteiger partial charge in [-0.1, -0.05) is 18.2 Å². The molecule has 25 heavy (non-hydrogen) atoms. The van der Waals surface area contributed by atoms with Crippen LogP contribution in [-0.2, 0) is 14.3 Å². The summed E-state index contributed by atoms with van der Waals surface area (Å²) in [4.78, 5) is 35.2. The monoisotopic (exact) mass is 356 g/mol. The Hall–Kier alpha value is -2.97. The summed E-state index contributed by atoms with van der Waals surface area (Å²) in [6.07, 6.45) is 0.407. The summed E-state index contributed by atoms with van der Waals surface area (Å²) in [5, 5.41) is 4.66. The molecule has 1 aromatic carbocycles. The summed E-state index contributed by atoms with van der Waals surface area (Å²) in [7, 11) is 0. The number of carbonyl (C=O) groups is 3. The van der Waals surface area contributed by atoms with Gasteiger partial charge in [-0.25, -0.2) is 0 Å². The molecular formula is C16H18F2N2O5. The van der Waals surface area contributed by atoms with Crippen LogP contribution >= 0.6 is 0 Å². The van der Waals surface area contributed by atoms with Crippen LogP contribution < -0.4 is 15.4 Å². The average Bonchev–Trinajstić information content (AvgIpc) is 2.57. The van der Waals surface area contributed by atoms with E-state index in [0.29, 0.717) is 0 Å². The van der Waals surface area contributed by atoms with Crippen LogP contribution in [-0.4, -0.2) is 43.6 Å². The van der Waals surface area contributed by atoms with Gasteiger partial charge in [0.2, 0.25) is 0 Å². The van der Waals surface area contributed by atoms with Gasteiger partial charge in [0.15, 0.2) is 6.10 Å². The first-order valence-corrected chi connectivity index (χ1v) is 7.25. The Kier molecular flexibility index (Phi) is 8.04. The van der Waals surface area contributed by atoms with E-state index in [2.05, 4.69) is 21.9 Å². The van der Waals surface area contributed by atoms with Gasteiger partial charge in [-0.15, -0.1) is 6.58 Å². The molecule has 0 saturated carbocycles. The largest absolute Gasteiger partial charge is 0.451 e. The SMILES string of the molecule is C=CCNC(=O)[C@@H](C)OC(=O)CNC(=O)c1ccccc1OC(F)F. The van der Waals surface area contributed by atoms with Gasteiger partial charge in [-0.2, -0.15) is 8.78 Å². The maximum atomic E-state index is 12.3. The molecule has 0 spiro atoms. The molecule has 0 bridgehead atoms. The van der Waals surface area contributed by atoms with Gasteiger partial charge in [0, 0.05) is 6.54 Å². The molecule has 2 amide bonds. The van der Waals surface area contributed by atoms with Crippen LogP contribution in [0.4, 0.5) is 8.78 Å². The molecule has 0 radical (unpaired) electrons. The fourth-order valence-electron chi connectivity index (χ4n) is 1.71. The summed E-state index contributed by atoms with van der Waals surface area (Å²) in [5.41, 5.74) is -0.160. The predicted molar refractivity (Wildman–Crippen MR) is 84.2 cm³/mol. The number of nitrogens with one attached hydrogen (secondary N) is 2. The lowest BCUT2D eigenvalue weighted by atomic mass is 10.2. The Morgan fingerprint density at radius 2 is 1.92 bits per heavy atom. The summed E-state index contributed by atoms with van der Waals surface area (Å²) >= 11 is 0. The lowest BCUT2D eigenvalue weighted by Gasteiger charge is -2.14. The van der Waals surface area contributed by atoms with Gasteiger partial charge in [-0.05, 0) is 19.1 Å². The Morgan fingerprint density at radius 1 is 1.24 bits per heavy atom. The van der Waals surface area contributed by atoms with Crippen molar-refractivity contribution in [2.45, 2.75) is 19.6 Å². The third kappa shape index (κ3) is 6.98. The summed E-state index contributed by atoms with van der Waals surface area (Å²) in [6, 6.07) is 5.35. The second kappa shape index (κ2) is 10.0. The van der Waals surface area contributed by atoms with E-state index in [9.17, 15) is 23.2 Å². The van der Waals surface area contributed by atoms with Crippen LogP contribution in [0.15, 0.2) is 36.9 Å². The molecule has 0 heterocycles. The molecule has 0 aliphatic heterocycles. The van der Waals surface area contributed by atoms with Gasteiger partial charge in [0.05, 0.1) is 5.56 Å². The topological polar surface area (TPSA) is 93.7 Å². The van der Waals surface area contributed by atoms with Gasteiger partial charge in [-0.3, -0.25) is 14.4 Å². The molecule has 0 aliphatic rings. The zero-order chi connectivity index (χ0) is 18.8. The number of hydrogen-bond donors (Lipinski definition) is 2. The molecular weight excluding hydrogens is 338 g/mol. The molecule has 0 aromatic heterocycles. The highest BCUT2D eigenvalue weighted by atomic mass is 19.3. The molecule has 9 heteroatoms. The van der Waals surface area contributed by atoms with Gasteiger partial charge in [0.25, 0.3) is 11.8 Å². The molecule has 1 rings (SSSR count). The van der Waals surface area contributed by atoms with E-state index in [-0.39, 0.29) is 17.9 Å². The molecule has 2 N–H and O–H groups in total. The maximum Gasteiger partial charge on any atom is 0.387 e. The Bertz CT molecular complexity index is 637. The van der Waals surface area contributed by atoms with Crippen LogP contribution in [0.1, 0.15) is 17.3 Å². The minimum atomic E-state index is -3.09. The quantitative estimate of drug-likeness (QED) is 0.513. The summed E-state index contributed by atoms with van der Waals surface area (Å²) in [6.45, 7) is 1.38. The summed E-state index contributed by atoms with van der Waals surface area (Å²) in [5.74, 6) is -2.49. The minimum Gasteiger partial charge on any atom is -0.451 e. The number of carbonyl (C=O) groups excluding carboxylic acids is 3. The second-order valence-electron chi connectivity index (χ2n) is 4.72. The molecule has 1 aromatic rings. The second-order valence-corrected chi connectivity index (χ2v) is 4.72. The highest BCUT2D eigenvalue weighted by Crippen LogP contribution is 2.19. The predicted octanol–water partition coefficient (Wildman–Crippen LogP) is 1.25. The van der Waals surface area contributed by atoms with Gasteiger partial charge >= 0.3 is 12.6 Å². The third-order valence-electron chi connectivity index (χ3n) is 2.84. The van der Waals surface area contributed by atoms with Crippen molar-refractivity contribution < 1.29 is 32.6 Å². The number of alkyl halides is 2. The number of rotatable bonds is 9. The van der Waals surface area contributed by atoms with Crippen molar-refractivity contribution >= 4 is 17.8 Å². The number of benzene rings is 1. The van der Waals surface area contributed by atoms with Gasteiger partial charge < -0.3 is 20.1 Å². The third-order valence-corrected chi connectivity index (χ3v) is 2.84. The highest BCUT2D eigenvalue weighted by Gasteiger charge is 2.19. The van der Waals surface area contributed by atoms with Crippen molar-refractivity contribution in [3.63, 3.8) is 0 Å². The van der Waals surface area contributed by atoms with Gasteiger partial charge in [0.1, 0.15) is 12.3 Å². The van der Waals surface area contributed by atoms with Crippen LogP contribution in [0.25, 0.3) is 0 Å². The first-order chi connectivity index (χ1) is 11.8. The van der Waals surface area contributed by atoms with Crippen molar-refractivity contribution in [1.82, 2.24) is 10.6 Å². The van der Waals surface area contributed by atoms with Crippen LogP contribution in [0.2, 0.25) is 0 Å². The van der Waals surface area contributed by atoms with Crippen LogP contribution in [0.5, 0.6) is 5.75 Å². The minimum absolute atomic E-state index is 0.160. The zero-order valence-electron chi connectivity index (χ0n) is 13.5. The van der Waals surface area contributed by atoms with Crippen LogP contribution in [0.3, 0.4) is 0 Å². The smallest absolute Gasteiger partial charge is 0.387 e. The number of amides is 2. The highest BCUT2D eigenvalue weighted by molar-refractivity contribution is 5.98. The van der Waals surface area contributed by atoms with E-state index in [1.54, 1.807) is 0 Å². The van der Waals surface area contributed by atoms with E-state index in [0.717, 1.165) is 0 Å². The number of ether oxygens (including phenoxy) is 2. The lowest BCUT2D eigenvalue weighted by Crippen LogP contribution is -2.38. The van der Waals surface area contributed by atoms with Crippen LogP contribution in [0, 0.1) is 0 Å². The normalized spacial score (nSPS) is 11.4. The Morgan fingerprint density at radius 3 is 2.56 bits per heavy atom. The van der Waals surface area contributed by atoms with E-state index in [1.807, 2.05) is 0 Å². The first kappa shape index (κ1) is 20.1. The molecule has 1 atom stereocenters. The molecule has 0 aliphatic carbocycles. The van der Waals surface area contributed by atoms with Crippen molar-refractivity contribution in [1.29, 1.82) is 0 Å². The number of hydrogen-bond acceptors (Lipinski definition) is 5. The molecule has 0 saturated heterocycles. The van der Waals surface area contributed by atoms with E-state index < -0.39 is 37.0 Å². The first-order valence-electron chi connectivity index (χ1n) is 7.25. The van der Waals surface area contributed by atoms with Crippen molar-refractivity contribution in [3.05, 3.63) is 42.5 Å². The van der Waals surface area contributed by atoms with E-state index >= 15 is 0 Å². The lowest BCUT2D eigenvalue weighted by molar-refractivity contribution is -0.153. The standard InChI is InChI=1S/C16H18F2N2O5/c1-3-8-19-14(22)10(2)24-13(21)9-20-15(23)11-6-4-5-7-12(11)25-16(17)18/h3-7,10,16H,1,8-9H2,2H3,(H,19,22)(H,20,23)/t10-/m1/s1. The number of halogens is 2. The number of esters is 1. The zero-order valence-corrected chi connectivity index (χ0v) is 13.5. The fraction of sp³-hybridized carbons (Fsp3) is 0.312. The number of para-hydroxylation sites is 1. The summed E-state index contributed by atoms with van der Waals surface area (Å²) < 4.78 is 33.7. The average molecular weight is 356 g/mol. The van der Waals surface area contributed by atoms with Crippen molar-refractivity contribution in [2.24, 2.45) is 0 Å². The van der Waals surface area contributed by atoms with Crippen molar-refractivity contribution in [2.75, 3.05) is 13.1 Å². The van der Waals surface area contributed by atoms with Crippen molar-refractivity contribution in [3.8, 4) is 5.75 Å². The van der Waals surface area contributed by atoms with E-state index in [1.165, 1.54) is 37.3 Å². The maximum absolute atomic E-state index is 12.3. The van der Waals surface area contributed by atoms with E-state index in [4.69, 9.17) is 4.74 Å².